The number of carbonyl (C=O) groups is 2. The van der Waals surface area contributed by atoms with Crippen LogP contribution in [0.5, 0.6) is 0 Å². The molecule has 0 aliphatic rings. The zero-order chi connectivity index (χ0) is 17.5. The summed E-state index contributed by atoms with van der Waals surface area (Å²) in [6.45, 7) is 2.05. The number of hydrogen-bond acceptors (Lipinski definition) is 3. The summed E-state index contributed by atoms with van der Waals surface area (Å²) in [6, 6.07) is 18.3. The van der Waals surface area contributed by atoms with E-state index >= 15 is 0 Å². The normalized spacial score (nSPS) is 12.6. The lowest BCUT2D eigenvalue weighted by atomic mass is 9.94. The van der Waals surface area contributed by atoms with Gasteiger partial charge in [0.1, 0.15) is 0 Å². The van der Waals surface area contributed by atoms with Crippen molar-refractivity contribution in [1.82, 2.24) is 0 Å². The van der Waals surface area contributed by atoms with E-state index in [1.54, 1.807) is 11.8 Å². The van der Waals surface area contributed by atoms with E-state index in [9.17, 15) is 9.59 Å². The molecule has 2 rings (SSSR count). The van der Waals surface area contributed by atoms with E-state index in [-0.39, 0.29) is 31.3 Å². The molecular formula is C19H24ClN3O2. The minimum atomic E-state index is -0.441. The van der Waals surface area contributed by atoms with Crippen LogP contribution in [0.3, 0.4) is 0 Å². The van der Waals surface area contributed by atoms with Gasteiger partial charge in [0.15, 0.2) is 0 Å². The summed E-state index contributed by atoms with van der Waals surface area (Å²) in [6.07, 6.45) is 0.105. The number of rotatable bonds is 7. The predicted octanol–water partition coefficient (Wildman–Crippen LogP) is 2.65. The van der Waals surface area contributed by atoms with Gasteiger partial charge in [-0.3, -0.25) is 9.59 Å². The maximum absolute atomic E-state index is 13.0. The van der Waals surface area contributed by atoms with Crippen molar-refractivity contribution < 1.29 is 9.59 Å². The molecule has 0 radical (unpaired) electrons. The molecule has 2 unspecified atom stereocenters. The summed E-state index contributed by atoms with van der Waals surface area (Å²) in [7, 11) is 0. The zero-order valence-electron chi connectivity index (χ0n) is 14.2. The standard InChI is InChI=1S/C19H23N3O2.ClH/c1-14(18(21)15-8-4-2-5-9-15)19(24)22(13-12-17(20)23)16-10-6-3-7-11-16;/h2-11,14,18H,12-13,21H2,1H3,(H2,20,23);1H. The molecule has 0 bridgehead atoms. The monoisotopic (exact) mass is 361 g/mol. The first-order chi connectivity index (χ1) is 11.5. The number of hydrogen-bond donors (Lipinski definition) is 2. The number of benzene rings is 2. The maximum Gasteiger partial charge on any atom is 0.231 e. The van der Waals surface area contributed by atoms with Crippen molar-refractivity contribution in [2.24, 2.45) is 17.4 Å². The third kappa shape index (κ3) is 5.59. The number of anilines is 1. The lowest BCUT2D eigenvalue weighted by molar-refractivity contribution is -0.122. The highest BCUT2D eigenvalue weighted by atomic mass is 35.5. The number of nitrogens with zero attached hydrogens (tertiary/aromatic N) is 1. The molecule has 6 heteroatoms. The molecule has 0 saturated heterocycles. The molecule has 2 amide bonds. The van der Waals surface area contributed by atoms with Gasteiger partial charge in [-0.2, -0.15) is 0 Å². The van der Waals surface area contributed by atoms with E-state index in [0.29, 0.717) is 0 Å². The first-order valence-corrected chi connectivity index (χ1v) is 7.96. The molecule has 134 valence electrons. The molecule has 4 N–H and O–H groups in total. The van der Waals surface area contributed by atoms with E-state index in [2.05, 4.69) is 0 Å². The number of amides is 2. The smallest absolute Gasteiger partial charge is 0.231 e. The lowest BCUT2D eigenvalue weighted by Gasteiger charge is -2.28. The number of nitrogens with two attached hydrogens (primary N) is 2. The largest absolute Gasteiger partial charge is 0.370 e. The molecule has 0 fully saturated rings. The van der Waals surface area contributed by atoms with Gasteiger partial charge < -0.3 is 16.4 Å². The Hall–Kier alpha value is -2.37. The lowest BCUT2D eigenvalue weighted by Crippen LogP contribution is -2.41. The molecule has 0 spiro atoms. The van der Waals surface area contributed by atoms with Gasteiger partial charge in [-0.1, -0.05) is 55.5 Å². The Morgan fingerprint density at radius 2 is 1.52 bits per heavy atom. The fourth-order valence-corrected chi connectivity index (χ4v) is 2.56. The Labute approximate surface area is 154 Å². The van der Waals surface area contributed by atoms with E-state index in [1.165, 1.54) is 0 Å². The number of halogens is 1. The van der Waals surface area contributed by atoms with Gasteiger partial charge in [0, 0.05) is 24.7 Å². The second kappa shape index (κ2) is 9.81. The van der Waals surface area contributed by atoms with Crippen molar-refractivity contribution in [2.75, 3.05) is 11.4 Å². The van der Waals surface area contributed by atoms with Gasteiger partial charge in [-0.15, -0.1) is 12.4 Å². The topological polar surface area (TPSA) is 89.4 Å². The third-order valence-electron chi connectivity index (χ3n) is 4.03. The Morgan fingerprint density at radius 1 is 1.00 bits per heavy atom. The number of carbonyl (C=O) groups excluding carboxylic acids is 2. The molecular weight excluding hydrogens is 338 g/mol. The average Bonchev–Trinajstić information content (AvgIpc) is 2.62. The van der Waals surface area contributed by atoms with Gasteiger partial charge in [0.25, 0.3) is 0 Å². The highest BCUT2D eigenvalue weighted by Crippen LogP contribution is 2.24. The Bertz CT molecular complexity index is 680. The molecule has 5 nitrogen and oxygen atoms in total. The Balaban J connectivity index is 0.00000312. The van der Waals surface area contributed by atoms with Gasteiger partial charge in [0.2, 0.25) is 11.8 Å². The molecule has 0 aliphatic carbocycles. The molecule has 2 aromatic rings. The summed E-state index contributed by atoms with van der Waals surface area (Å²) in [5.41, 5.74) is 13.2. The van der Waals surface area contributed by atoms with Crippen molar-refractivity contribution in [3.8, 4) is 0 Å². The Morgan fingerprint density at radius 3 is 2.04 bits per heavy atom. The fourth-order valence-electron chi connectivity index (χ4n) is 2.56. The van der Waals surface area contributed by atoms with Crippen LogP contribution in [0.1, 0.15) is 24.9 Å². The number of primary amides is 1. The van der Waals surface area contributed by atoms with Gasteiger partial charge in [-0.05, 0) is 17.7 Å². The average molecular weight is 362 g/mol. The molecule has 0 heterocycles. The molecule has 2 atom stereocenters. The summed E-state index contributed by atoms with van der Waals surface area (Å²) < 4.78 is 0. The van der Waals surface area contributed by atoms with Crippen LogP contribution in [0.4, 0.5) is 5.69 Å². The van der Waals surface area contributed by atoms with Gasteiger partial charge in [-0.25, -0.2) is 0 Å². The summed E-state index contributed by atoms with van der Waals surface area (Å²) >= 11 is 0. The van der Waals surface area contributed by atoms with Gasteiger partial charge in [0.05, 0.1) is 5.92 Å². The first kappa shape index (κ1) is 20.7. The van der Waals surface area contributed by atoms with Crippen LogP contribution in [0.25, 0.3) is 0 Å². The summed E-state index contributed by atoms with van der Waals surface area (Å²) in [5, 5.41) is 0. The van der Waals surface area contributed by atoms with Crippen molar-refractivity contribution in [1.29, 1.82) is 0 Å². The summed E-state index contributed by atoms with van der Waals surface area (Å²) in [5.74, 6) is -0.997. The number of para-hydroxylation sites is 1. The van der Waals surface area contributed by atoms with E-state index in [0.717, 1.165) is 11.3 Å². The highest BCUT2D eigenvalue weighted by molar-refractivity contribution is 5.96. The fraction of sp³-hybridized carbons (Fsp3) is 0.263. The van der Waals surface area contributed by atoms with E-state index in [4.69, 9.17) is 11.5 Å². The van der Waals surface area contributed by atoms with Crippen LogP contribution in [-0.2, 0) is 9.59 Å². The SMILES string of the molecule is CC(C(=O)N(CCC(N)=O)c1ccccc1)C(N)c1ccccc1.Cl. The molecule has 0 aromatic heterocycles. The van der Waals surface area contributed by atoms with E-state index in [1.807, 2.05) is 60.7 Å². The van der Waals surface area contributed by atoms with Crippen LogP contribution in [0, 0.1) is 5.92 Å². The second-order valence-corrected chi connectivity index (χ2v) is 5.77. The quantitative estimate of drug-likeness (QED) is 0.794. The first-order valence-electron chi connectivity index (χ1n) is 7.96. The predicted molar refractivity (Wildman–Crippen MR) is 102 cm³/mol. The van der Waals surface area contributed by atoms with Crippen LogP contribution in [-0.4, -0.2) is 18.4 Å². The van der Waals surface area contributed by atoms with Crippen molar-refractivity contribution in [3.63, 3.8) is 0 Å². The molecule has 25 heavy (non-hydrogen) atoms. The molecule has 2 aromatic carbocycles. The molecule has 0 saturated carbocycles. The maximum atomic E-state index is 13.0. The van der Waals surface area contributed by atoms with Crippen LogP contribution in [0.2, 0.25) is 0 Å². The highest BCUT2D eigenvalue weighted by Gasteiger charge is 2.27. The summed E-state index contributed by atoms with van der Waals surface area (Å²) in [4.78, 5) is 25.7. The minimum absolute atomic E-state index is 0. The Kier molecular flexibility index (Phi) is 8.11. The van der Waals surface area contributed by atoms with Crippen molar-refractivity contribution >= 4 is 29.9 Å². The second-order valence-electron chi connectivity index (χ2n) is 5.77. The molecule has 0 aliphatic heterocycles. The van der Waals surface area contributed by atoms with Crippen molar-refractivity contribution in [2.45, 2.75) is 19.4 Å². The zero-order valence-corrected chi connectivity index (χ0v) is 15.0. The minimum Gasteiger partial charge on any atom is -0.370 e. The van der Waals surface area contributed by atoms with Crippen LogP contribution in [0.15, 0.2) is 60.7 Å². The van der Waals surface area contributed by atoms with Crippen molar-refractivity contribution in [3.05, 3.63) is 66.2 Å². The van der Waals surface area contributed by atoms with Gasteiger partial charge >= 0.3 is 0 Å². The van der Waals surface area contributed by atoms with E-state index < -0.39 is 17.9 Å². The van der Waals surface area contributed by atoms with Crippen LogP contribution < -0.4 is 16.4 Å². The third-order valence-corrected chi connectivity index (χ3v) is 4.03. The van der Waals surface area contributed by atoms with Crippen LogP contribution >= 0.6 is 12.4 Å².